The van der Waals surface area contributed by atoms with Crippen molar-refractivity contribution in [1.29, 1.82) is 0 Å². The van der Waals surface area contributed by atoms with Gasteiger partial charge in [0.25, 0.3) is 0 Å². The highest BCUT2D eigenvalue weighted by molar-refractivity contribution is 6.30. The van der Waals surface area contributed by atoms with Crippen LogP contribution in [0.3, 0.4) is 0 Å². The summed E-state index contributed by atoms with van der Waals surface area (Å²) >= 11 is 6.18. The first kappa shape index (κ1) is 16.6. The molecule has 1 aliphatic rings. The third kappa shape index (κ3) is 4.60. The van der Waals surface area contributed by atoms with E-state index in [1.54, 1.807) is 7.11 Å². The van der Waals surface area contributed by atoms with Gasteiger partial charge in [-0.2, -0.15) is 0 Å². The molecule has 2 rings (SSSR count). The highest BCUT2D eigenvalue weighted by Crippen LogP contribution is 2.31. The Balaban J connectivity index is 2.10. The summed E-state index contributed by atoms with van der Waals surface area (Å²) in [5.74, 6) is 0.826. The number of rotatable bonds is 6. The van der Waals surface area contributed by atoms with E-state index in [1.807, 2.05) is 6.07 Å². The molecule has 0 bridgehead atoms. The van der Waals surface area contributed by atoms with E-state index in [-0.39, 0.29) is 0 Å². The van der Waals surface area contributed by atoms with Gasteiger partial charge in [0.2, 0.25) is 0 Å². The van der Waals surface area contributed by atoms with Crippen molar-refractivity contribution in [3.05, 3.63) is 28.8 Å². The van der Waals surface area contributed by atoms with Gasteiger partial charge in [-0.1, -0.05) is 18.5 Å². The van der Waals surface area contributed by atoms with Gasteiger partial charge in [0, 0.05) is 43.5 Å². The predicted octanol–water partition coefficient (Wildman–Crippen LogP) is 3.70. The molecule has 4 heteroatoms. The fraction of sp³-hybridized carbons (Fsp3) is 0.647. The molecule has 21 heavy (non-hydrogen) atoms. The first-order valence-corrected chi connectivity index (χ1v) is 8.24. The van der Waals surface area contributed by atoms with E-state index in [0.29, 0.717) is 6.04 Å². The van der Waals surface area contributed by atoms with Crippen molar-refractivity contribution < 1.29 is 4.74 Å². The molecule has 1 fully saturated rings. The van der Waals surface area contributed by atoms with Crippen molar-refractivity contribution in [2.45, 2.75) is 39.3 Å². The predicted molar refractivity (Wildman–Crippen MR) is 90.2 cm³/mol. The van der Waals surface area contributed by atoms with E-state index in [0.717, 1.165) is 37.2 Å². The van der Waals surface area contributed by atoms with Crippen molar-refractivity contribution in [2.24, 2.45) is 5.92 Å². The molecular formula is C17H27ClN2O. The SMILES string of the molecule is COCCNCc1cc(Cl)ccc1N1CCC(C)CC1C. The minimum atomic E-state index is 0.590. The molecule has 1 heterocycles. The molecule has 1 aromatic rings. The van der Waals surface area contributed by atoms with Crippen LogP contribution in [0.5, 0.6) is 0 Å². The summed E-state index contributed by atoms with van der Waals surface area (Å²) in [7, 11) is 1.73. The van der Waals surface area contributed by atoms with Crippen LogP contribution < -0.4 is 10.2 Å². The molecule has 0 radical (unpaired) electrons. The largest absolute Gasteiger partial charge is 0.383 e. The number of halogens is 1. The number of piperidine rings is 1. The second-order valence-corrected chi connectivity index (χ2v) is 6.55. The second-order valence-electron chi connectivity index (χ2n) is 6.11. The normalized spacial score (nSPS) is 22.6. The van der Waals surface area contributed by atoms with Crippen LogP contribution in [0.4, 0.5) is 5.69 Å². The number of methoxy groups -OCH3 is 1. The molecular weight excluding hydrogens is 284 g/mol. The molecule has 2 atom stereocenters. The first-order chi connectivity index (χ1) is 10.1. The Hall–Kier alpha value is -0.770. The number of hydrogen-bond acceptors (Lipinski definition) is 3. The Bertz CT molecular complexity index is 452. The number of hydrogen-bond donors (Lipinski definition) is 1. The molecule has 1 aliphatic heterocycles. The summed E-state index contributed by atoms with van der Waals surface area (Å²) in [6, 6.07) is 6.84. The lowest BCUT2D eigenvalue weighted by atomic mass is 9.92. The van der Waals surface area contributed by atoms with Crippen LogP contribution in [-0.2, 0) is 11.3 Å². The van der Waals surface area contributed by atoms with Crippen LogP contribution in [0.2, 0.25) is 5.02 Å². The topological polar surface area (TPSA) is 24.5 Å². The highest BCUT2D eigenvalue weighted by atomic mass is 35.5. The van der Waals surface area contributed by atoms with Gasteiger partial charge in [-0.05, 0) is 49.4 Å². The fourth-order valence-corrected chi connectivity index (χ4v) is 3.33. The summed E-state index contributed by atoms with van der Waals surface area (Å²) in [5, 5.41) is 4.23. The van der Waals surface area contributed by atoms with Gasteiger partial charge in [-0.25, -0.2) is 0 Å². The van der Waals surface area contributed by atoms with E-state index in [2.05, 4.69) is 36.2 Å². The van der Waals surface area contributed by atoms with Gasteiger partial charge in [0.15, 0.2) is 0 Å². The maximum atomic E-state index is 6.18. The van der Waals surface area contributed by atoms with Crippen LogP contribution in [0.1, 0.15) is 32.3 Å². The van der Waals surface area contributed by atoms with Crippen molar-refractivity contribution in [1.82, 2.24) is 5.32 Å². The van der Waals surface area contributed by atoms with Gasteiger partial charge in [-0.15, -0.1) is 0 Å². The average Bonchev–Trinajstić information content (AvgIpc) is 2.45. The van der Waals surface area contributed by atoms with Crippen LogP contribution in [0.15, 0.2) is 18.2 Å². The maximum Gasteiger partial charge on any atom is 0.0587 e. The zero-order chi connectivity index (χ0) is 15.2. The Labute approximate surface area is 133 Å². The Morgan fingerprint density at radius 3 is 2.90 bits per heavy atom. The zero-order valence-electron chi connectivity index (χ0n) is 13.4. The minimum absolute atomic E-state index is 0.590. The van der Waals surface area contributed by atoms with Gasteiger partial charge >= 0.3 is 0 Å². The Morgan fingerprint density at radius 1 is 1.38 bits per heavy atom. The molecule has 0 aromatic heterocycles. The van der Waals surface area contributed by atoms with Crippen LogP contribution in [0, 0.1) is 5.92 Å². The van der Waals surface area contributed by atoms with Crippen molar-refractivity contribution in [3.63, 3.8) is 0 Å². The lowest BCUT2D eigenvalue weighted by Gasteiger charge is -2.39. The summed E-state index contributed by atoms with van der Waals surface area (Å²) in [5.41, 5.74) is 2.60. The molecule has 2 unspecified atom stereocenters. The van der Waals surface area contributed by atoms with Gasteiger partial charge < -0.3 is 15.0 Å². The zero-order valence-corrected chi connectivity index (χ0v) is 14.1. The average molecular weight is 311 g/mol. The van der Waals surface area contributed by atoms with Crippen molar-refractivity contribution >= 4 is 17.3 Å². The molecule has 1 N–H and O–H groups in total. The summed E-state index contributed by atoms with van der Waals surface area (Å²) in [4.78, 5) is 2.53. The monoisotopic (exact) mass is 310 g/mol. The smallest absolute Gasteiger partial charge is 0.0587 e. The fourth-order valence-electron chi connectivity index (χ4n) is 3.14. The van der Waals surface area contributed by atoms with Gasteiger partial charge in [0.1, 0.15) is 0 Å². The third-order valence-corrected chi connectivity index (χ3v) is 4.52. The van der Waals surface area contributed by atoms with E-state index < -0.39 is 0 Å². The van der Waals surface area contributed by atoms with Gasteiger partial charge in [0.05, 0.1) is 6.61 Å². The van der Waals surface area contributed by atoms with Crippen LogP contribution in [-0.4, -0.2) is 32.8 Å². The number of anilines is 1. The highest BCUT2D eigenvalue weighted by Gasteiger charge is 2.24. The summed E-state index contributed by atoms with van der Waals surface area (Å²) < 4.78 is 5.08. The number of ether oxygens (including phenoxy) is 1. The number of nitrogens with one attached hydrogen (secondary N) is 1. The molecule has 1 saturated heterocycles. The number of benzene rings is 1. The Kier molecular flexibility index (Phi) is 6.34. The van der Waals surface area contributed by atoms with E-state index in [4.69, 9.17) is 16.3 Å². The maximum absolute atomic E-state index is 6.18. The molecule has 0 spiro atoms. The van der Waals surface area contributed by atoms with Crippen LogP contribution in [0.25, 0.3) is 0 Å². The molecule has 118 valence electrons. The Morgan fingerprint density at radius 2 is 2.19 bits per heavy atom. The third-order valence-electron chi connectivity index (χ3n) is 4.29. The standard InChI is InChI=1S/C17H27ClN2O/c1-13-6-8-20(14(2)10-13)17-5-4-16(18)11-15(17)12-19-7-9-21-3/h4-5,11,13-14,19H,6-10,12H2,1-3H3. The number of nitrogens with zero attached hydrogens (tertiary/aromatic N) is 1. The van der Waals surface area contributed by atoms with Crippen molar-refractivity contribution in [2.75, 3.05) is 31.7 Å². The van der Waals surface area contributed by atoms with Crippen LogP contribution >= 0.6 is 11.6 Å². The molecule has 0 amide bonds. The van der Waals surface area contributed by atoms with E-state index in [9.17, 15) is 0 Å². The molecule has 0 saturated carbocycles. The van der Waals surface area contributed by atoms with E-state index in [1.165, 1.54) is 24.1 Å². The molecule has 3 nitrogen and oxygen atoms in total. The summed E-state index contributed by atoms with van der Waals surface area (Å²) in [6.07, 6.45) is 2.53. The second kappa shape index (κ2) is 8.02. The molecule has 1 aromatic carbocycles. The lowest BCUT2D eigenvalue weighted by molar-refractivity contribution is 0.199. The lowest BCUT2D eigenvalue weighted by Crippen LogP contribution is -2.41. The van der Waals surface area contributed by atoms with E-state index >= 15 is 0 Å². The molecule has 0 aliphatic carbocycles. The van der Waals surface area contributed by atoms with Gasteiger partial charge in [-0.3, -0.25) is 0 Å². The minimum Gasteiger partial charge on any atom is -0.383 e. The summed E-state index contributed by atoms with van der Waals surface area (Å²) in [6.45, 7) is 8.23. The quantitative estimate of drug-likeness (QED) is 0.811. The van der Waals surface area contributed by atoms with Crippen molar-refractivity contribution in [3.8, 4) is 0 Å². The first-order valence-electron chi connectivity index (χ1n) is 7.86.